The summed E-state index contributed by atoms with van der Waals surface area (Å²) in [6, 6.07) is 19.1. The number of hydrogen-bond donors (Lipinski definition) is 1. The van der Waals surface area contributed by atoms with Gasteiger partial charge in [0.2, 0.25) is 5.88 Å². The average Bonchev–Trinajstić information content (AvgIpc) is 2.98. The van der Waals surface area contributed by atoms with Crippen LogP contribution in [-0.2, 0) is 16.1 Å². The lowest BCUT2D eigenvalue weighted by Gasteiger charge is -2.25. The van der Waals surface area contributed by atoms with Crippen LogP contribution in [0.1, 0.15) is 17.0 Å². The van der Waals surface area contributed by atoms with Crippen LogP contribution in [0.2, 0.25) is 5.02 Å². The minimum atomic E-state index is -0.489. The SMILES string of the molecule is N#CC1=C(N)OC2=C(CN(Cc3ccccc3)C2=O)[C@H]1c1ccccc1Cl. The smallest absolute Gasteiger partial charge is 0.290 e. The Morgan fingerprint density at radius 1 is 1.19 bits per heavy atom. The van der Waals surface area contributed by atoms with Crippen LogP contribution in [0.4, 0.5) is 0 Å². The van der Waals surface area contributed by atoms with E-state index in [0.717, 1.165) is 16.7 Å². The molecule has 0 aliphatic carbocycles. The van der Waals surface area contributed by atoms with Crippen LogP contribution in [0, 0.1) is 11.3 Å². The van der Waals surface area contributed by atoms with Crippen LogP contribution in [-0.4, -0.2) is 17.4 Å². The Morgan fingerprint density at radius 3 is 2.59 bits per heavy atom. The monoisotopic (exact) mass is 377 g/mol. The second kappa shape index (κ2) is 6.82. The van der Waals surface area contributed by atoms with Gasteiger partial charge < -0.3 is 15.4 Å². The molecule has 2 heterocycles. The van der Waals surface area contributed by atoms with E-state index in [1.807, 2.05) is 48.5 Å². The molecule has 2 aromatic carbocycles. The van der Waals surface area contributed by atoms with Gasteiger partial charge in [-0.3, -0.25) is 4.79 Å². The number of carbonyl (C=O) groups is 1. The van der Waals surface area contributed by atoms with Crippen molar-refractivity contribution in [3.05, 3.63) is 93.5 Å². The largest absolute Gasteiger partial charge is 0.435 e. The summed E-state index contributed by atoms with van der Waals surface area (Å²) in [6.45, 7) is 0.810. The van der Waals surface area contributed by atoms with Gasteiger partial charge >= 0.3 is 0 Å². The van der Waals surface area contributed by atoms with Crippen molar-refractivity contribution in [1.29, 1.82) is 5.26 Å². The fraction of sp³-hybridized carbons (Fsp3) is 0.143. The van der Waals surface area contributed by atoms with Crippen molar-refractivity contribution in [3.8, 4) is 6.07 Å². The summed E-state index contributed by atoms with van der Waals surface area (Å²) in [5, 5.41) is 10.2. The molecule has 134 valence electrons. The number of hydrogen-bond acceptors (Lipinski definition) is 4. The van der Waals surface area contributed by atoms with Crippen LogP contribution in [0.25, 0.3) is 0 Å². The molecule has 2 N–H and O–H groups in total. The maximum atomic E-state index is 12.9. The molecular formula is C21H16ClN3O2. The summed E-state index contributed by atoms with van der Waals surface area (Å²) in [4.78, 5) is 14.6. The average molecular weight is 378 g/mol. The van der Waals surface area contributed by atoms with E-state index in [-0.39, 0.29) is 23.1 Å². The highest BCUT2D eigenvalue weighted by atomic mass is 35.5. The molecule has 2 aliphatic heterocycles. The van der Waals surface area contributed by atoms with Crippen molar-refractivity contribution in [2.45, 2.75) is 12.5 Å². The van der Waals surface area contributed by atoms with Gasteiger partial charge in [-0.25, -0.2) is 0 Å². The van der Waals surface area contributed by atoms with Crippen molar-refractivity contribution in [3.63, 3.8) is 0 Å². The lowest BCUT2D eigenvalue weighted by atomic mass is 9.83. The van der Waals surface area contributed by atoms with Crippen molar-refractivity contribution in [1.82, 2.24) is 4.90 Å². The molecule has 2 aromatic rings. The Balaban J connectivity index is 1.73. The molecule has 0 aromatic heterocycles. The van der Waals surface area contributed by atoms with Crippen molar-refractivity contribution >= 4 is 17.5 Å². The van der Waals surface area contributed by atoms with E-state index in [0.29, 0.717) is 18.1 Å². The molecule has 0 unspecified atom stereocenters. The van der Waals surface area contributed by atoms with Crippen molar-refractivity contribution in [2.24, 2.45) is 5.73 Å². The van der Waals surface area contributed by atoms with Gasteiger partial charge in [0.25, 0.3) is 5.91 Å². The predicted molar refractivity (Wildman–Crippen MR) is 101 cm³/mol. The summed E-state index contributed by atoms with van der Waals surface area (Å²) in [5.74, 6) is -0.563. The van der Waals surface area contributed by atoms with Gasteiger partial charge in [-0.1, -0.05) is 60.1 Å². The molecule has 0 radical (unpaired) electrons. The fourth-order valence-corrected chi connectivity index (χ4v) is 3.79. The van der Waals surface area contributed by atoms with Crippen LogP contribution in [0.15, 0.2) is 77.4 Å². The summed E-state index contributed by atoms with van der Waals surface area (Å²) >= 11 is 6.39. The fourth-order valence-electron chi connectivity index (χ4n) is 3.55. The molecule has 0 fully saturated rings. The summed E-state index contributed by atoms with van der Waals surface area (Å²) in [5.41, 5.74) is 8.72. The first-order valence-electron chi connectivity index (χ1n) is 8.48. The van der Waals surface area contributed by atoms with Crippen LogP contribution < -0.4 is 5.73 Å². The van der Waals surface area contributed by atoms with Gasteiger partial charge in [0, 0.05) is 23.7 Å². The molecule has 5 nitrogen and oxygen atoms in total. The number of nitriles is 1. The Hall–Kier alpha value is -3.23. The van der Waals surface area contributed by atoms with E-state index < -0.39 is 5.92 Å². The van der Waals surface area contributed by atoms with Crippen LogP contribution in [0.3, 0.4) is 0 Å². The zero-order valence-corrected chi connectivity index (χ0v) is 15.1. The zero-order valence-electron chi connectivity index (χ0n) is 14.4. The van der Waals surface area contributed by atoms with E-state index in [1.54, 1.807) is 11.0 Å². The van der Waals surface area contributed by atoms with Gasteiger partial charge in [0.15, 0.2) is 5.76 Å². The summed E-state index contributed by atoms with van der Waals surface area (Å²) < 4.78 is 5.57. The van der Waals surface area contributed by atoms with E-state index in [1.165, 1.54) is 0 Å². The third-order valence-electron chi connectivity index (χ3n) is 4.80. The number of carbonyl (C=O) groups excluding carboxylic acids is 1. The number of nitrogens with zero attached hydrogens (tertiary/aromatic N) is 2. The molecule has 4 rings (SSSR count). The second-order valence-electron chi connectivity index (χ2n) is 6.45. The van der Waals surface area contributed by atoms with Crippen LogP contribution >= 0.6 is 11.6 Å². The van der Waals surface area contributed by atoms with Crippen molar-refractivity contribution < 1.29 is 9.53 Å². The first-order valence-corrected chi connectivity index (χ1v) is 8.86. The van der Waals surface area contributed by atoms with E-state index in [2.05, 4.69) is 6.07 Å². The molecule has 0 saturated heterocycles. The first-order chi connectivity index (χ1) is 13.1. The quantitative estimate of drug-likeness (QED) is 0.888. The Labute approximate surface area is 161 Å². The minimum Gasteiger partial charge on any atom is -0.435 e. The topological polar surface area (TPSA) is 79.4 Å². The normalized spacial score (nSPS) is 19.0. The number of amides is 1. The lowest BCUT2D eigenvalue weighted by Crippen LogP contribution is -2.27. The number of rotatable bonds is 3. The lowest BCUT2D eigenvalue weighted by molar-refractivity contribution is -0.128. The molecular weight excluding hydrogens is 362 g/mol. The standard InChI is InChI=1S/C21H16ClN3O2/c22-17-9-5-4-8-14(17)18-15(10-23)20(24)27-19-16(18)12-25(21(19)26)11-13-6-2-1-3-7-13/h1-9,18H,11-12,24H2/t18-/m0/s1. The maximum absolute atomic E-state index is 12.9. The van der Waals surface area contributed by atoms with Gasteiger partial charge in [-0.2, -0.15) is 5.26 Å². The highest BCUT2D eigenvalue weighted by Crippen LogP contribution is 2.44. The summed E-state index contributed by atoms with van der Waals surface area (Å²) in [7, 11) is 0. The van der Waals surface area contributed by atoms with Crippen LogP contribution in [0.5, 0.6) is 0 Å². The zero-order chi connectivity index (χ0) is 19.0. The molecule has 27 heavy (non-hydrogen) atoms. The second-order valence-corrected chi connectivity index (χ2v) is 6.85. The third-order valence-corrected chi connectivity index (χ3v) is 5.15. The van der Waals surface area contributed by atoms with E-state index in [9.17, 15) is 10.1 Å². The van der Waals surface area contributed by atoms with Crippen molar-refractivity contribution in [2.75, 3.05) is 6.54 Å². The van der Waals surface area contributed by atoms with Gasteiger partial charge in [-0.15, -0.1) is 0 Å². The first kappa shape index (κ1) is 17.2. The molecule has 1 atom stereocenters. The number of allylic oxidation sites excluding steroid dienone is 1. The van der Waals surface area contributed by atoms with E-state index >= 15 is 0 Å². The Kier molecular flexibility index (Phi) is 4.35. The number of halogens is 1. The highest BCUT2D eigenvalue weighted by Gasteiger charge is 2.42. The number of nitrogens with two attached hydrogens (primary N) is 1. The van der Waals surface area contributed by atoms with E-state index in [4.69, 9.17) is 22.1 Å². The minimum absolute atomic E-state index is 0.0453. The molecule has 0 bridgehead atoms. The molecule has 0 saturated carbocycles. The highest BCUT2D eigenvalue weighted by molar-refractivity contribution is 6.31. The number of benzene rings is 2. The van der Waals surface area contributed by atoms with Gasteiger partial charge in [0.1, 0.15) is 11.6 Å². The third kappa shape index (κ3) is 2.94. The summed E-state index contributed by atoms with van der Waals surface area (Å²) in [6.07, 6.45) is 0. The predicted octanol–water partition coefficient (Wildman–Crippen LogP) is 3.44. The molecule has 6 heteroatoms. The molecule has 2 aliphatic rings. The Morgan fingerprint density at radius 2 is 1.89 bits per heavy atom. The maximum Gasteiger partial charge on any atom is 0.290 e. The van der Waals surface area contributed by atoms with Gasteiger partial charge in [0.05, 0.1) is 5.92 Å². The number of ether oxygens (including phenoxy) is 1. The molecule has 1 amide bonds. The Bertz CT molecular complexity index is 1020. The molecule has 0 spiro atoms. The van der Waals surface area contributed by atoms with Gasteiger partial charge in [-0.05, 0) is 17.2 Å².